The molecule has 0 N–H and O–H groups in total. The molecule has 1 saturated heterocycles. The lowest BCUT2D eigenvalue weighted by Crippen LogP contribution is -2.48. The smallest absolute Gasteiger partial charge is 0.211 e. The van der Waals surface area contributed by atoms with Crippen LogP contribution in [0.25, 0.3) is 0 Å². The van der Waals surface area contributed by atoms with Crippen molar-refractivity contribution in [3.05, 3.63) is 11.1 Å². The number of hydrogen-bond acceptors (Lipinski definition) is 6. The molecule has 0 unspecified atom stereocenters. The van der Waals surface area contributed by atoms with Crippen molar-refractivity contribution in [2.75, 3.05) is 37.3 Å². The topological polar surface area (TPSA) is 70.6 Å². The Bertz CT molecular complexity index is 503. The van der Waals surface area contributed by atoms with Crippen LogP contribution in [0.15, 0.2) is 6.20 Å². The summed E-state index contributed by atoms with van der Waals surface area (Å²) < 4.78 is 24.1. The summed E-state index contributed by atoms with van der Waals surface area (Å²) in [5.41, 5.74) is 0. The van der Waals surface area contributed by atoms with Crippen molar-refractivity contribution in [2.24, 2.45) is 0 Å². The zero-order valence-electron chi connectivity index (χ0n) is 9.37. The average molecular weight is 275 g/mol. The fraction of sp³-hybridized carbons (Fsp3) is 0.556. The van der Waals surface area contributed by atoms with E-state index in [9.17, 15) is 13.2 Å². The molecule has 6 nitrogen and oxygen atoms in total. The van der Waals surface area contributed by atoms with Crippen LogP contribution in [0.3, 0.4) is 0 Å². The first-order valence-corrected chi connectivity index (χ1v) is 7.78. The molecule has 1 aliphatic heterocycles. The number of piperazine rings is 1. The molecule has 0 saturated carbocycles. The lowest BCUT2D eigenvalue weighted by molar-refractivity contribution is 0.112. The predicted octanol–water partition coefficient (Wildman–Crippen LogP) is 0.0372. The van der Waals surface area contributed by atoms with E-state index in [-0.39, 0.29) is 0 Å². The summed E-state index contributed by atoms with van der Waals surface area (Å²) in [5, 5.41) is 0.778. The standard InChI is InChI=1S/C9H13N3O3S2/c1-17(14,15)12-4-2-11(3-5-12)9-10-6-8(7-13)16-9/h6-7H,2-5H2,1H3. The van der Waals surface area contributed by atoms with Gasteiger partial charge in [0.2, 0.25) is 10.0 Å². The Morgan fingerprint density at radius 3 is 2.47 bits per heavy atom. The van der Waals surface area contributed by atoms with Gasteiger partial charge >= 0.3 is 0 Å². The van der Waals surface area contributed by atoms with Gasteiger partial charge in [-0.3, -0.25) is 4.79 Å². The highest BCUT2D eigenvalue weighted by Gasteiger charge is 2.24. The summed E-state index contributed by atoms with van der Waals surface area (Å²) in [5.74, 6) is 0. The van der Waals surface area contributed by atoms with Crippen LogP contribution in [-0.2, 0) is 10.0 Å². The third kappa shape index (κ3) is 2.82. The van der Waals surface area contributed by atoms with Gasteiger partial charge in [0.05, 0.1) is 17.3 Å². The van der Waals surface area contributed by atoms with Crippen molar-refractivity contribution < 1.29 is 13.2 Å². The molecule has 1 aliphatic rings. The molecule has 1 aromatic rings. The Hall–Kier alpha value is -0.990. The van der Waals surface area contributed by atoms with E-state index in [0.29, 0.717) is 31.1 Å². The van der Waals surface area contributed by atoms with Crippen LogP contribution in [0.5, 0.6) is 0 Å². The SMILES string of the molecule is CS(=O)(=O)N1CCN(c2ncc(C=O)s2)CC1. The van der Waals surface area contributed by atoms with Gasteiger partial charge in [0, 0.05) is 26.2 Å². The van der Waals surface area contributed by atoms with Crippen LogP contribution < -0.4 is 4.90 Å². The monoisotopic (exact) mass is 275 g/mol. The van der Waals surface area contributed by atoms with Crippen molar-refractivity contribution in [3.63, 3.8) is 0 Å². The fourth-order valence-electron chi connectivity index (χ4n) is 1.69. The first-order valence-electron chi connectivity index (χ1n) is 5.12. The molecule has 1 fully saturated rings. The van der Waals surface area contributed by atoms with E-state index in [4.69, 9.17) is 0 Å². The largest absolute Gasteiger partial charge is 0.345 e. The molecule has 94 valence electrons. The van der Waals surface area contributed by atoms with E-state index in [1.54, 1.807) is 0 Å². The molecule has 2 rings (SSSR count). The normalized spacial score (nSPS) is 18.3. The highest BCUT2D eigenvalue weighted by atomic mass is 32.2. The molecule has 0 spiro atoms. The Balaban J connectivity index is 2.02. The third-order valence-electron chi connectivity index (χ3n) is 2.61. The van der Waals surface area contributed by atoms with Crippen LogP contribution in [0.1, 0.15) is 9.67 Å². The van der Waals surface area contributed by atoms with Crippen molar-refractivity contribution in [2.45, 2.75) is 0 Å². The molecule has 0 radical (unpaired) electrons. The van der Waals surface area contributed by atoms with Gasteiger partial charge in [0.15, 0.2) is 11.4 Å². The molecule has 0 aliphatic carbocycles. The summed E-state index contributed by atoms with van der Waals surface area (Å²) in [6, 6.07) is 0. The van der Waals surface area contributed by atoms with Crippen LogP contribution in [0.4, 0.5) is 5.13 Å². The fourth-order valence-corrected chi connectivity index (χ4v) is 3.30. The second kappa shape index (κ2) is 4.71. The number of rotatable bonds is 3. The zero-order valence-corrected chi connectivity index (χ0v) is 11.0. The molecular formula is C9H13N3O3S2. The van der Waals surface area contributed by atoms with E-state index in [1.165, 1.54) is 28.1 Å². The number of thiazole rings is 1. The molecule has 2 heterocycles. The molecule has 1 aromatic heterocycles. The number of anilines is 1. The molecule has 0 atom stereocenters. The van der Waals surface area contributed by atoms with E-state index >= 15 is 0 Å². The first-order chi connectivity index (χ1) is 8.00. The van der Waals surface area contributed by atoms with Crippen LogP contribution >= 0.6 is 11.3 Å². The number of carbonyl (C=O) groups is 1. The first kappa shape index (κ1) is 12.5. The lowest BCUT2D eigenvalue weighted by Gasteiger charge is -2.32. The number of carbonyl (C=O) groups excluding carboxylic acids is 1. The minimum atomic E-state index is -3.10. The lowest BCUT2D eigenvalue weighted by atomic mass is 10.4. The molecule has 0 aromatic carbocycles. The third-order valence-corrected chi connectivity index (χ3v) is 4.89. The van der Waals surface area contributed by atoms with Gasteiger partial charge in [-0.15, -0.1) is 0 Å². The van der Waals surface area contributed by atoms with Gasteiger partial charge in [0.25, 0.3) is 0 Å². The van der Waals surface area contributed by atoms with Gasteiger partial charge < -0.3 is 4.90 Å². The Morgan fingerprint density at radius 1 is 1.35 bits per heavy atom. The Morgan fingerprint density at radius 2 is 2.00 bits per heavy atom. The number of sulfonamides is 1. The maximum atomic E-state index is 11.3. The highest BCUT2D eigenvalue weighted by Crippen LogP contribution is 2.22. The summed E-state index contributed by atoms with van der Waals surface area (Å²) in [6.07, 6.45) is 3.53. The quantitative estimate of drug-likeness (QED) is 0.728. The predicted molar refractivity (Wildman–Crippen MR) is 66.1 cm³/mol. The van der Waals surface area contributed by atoms with Crippen LogP contribution in [0, 0.1) is 0 Å². The van der Waals surface area contributed by atoms with Crippen LogP contribution in [-0.4, -0.2) is 56.4 Å². The number of hydrogen-bond donors (Lipinski definition) is 0. The van der Waals surface area contributed by atoms with Crippen molar-refractivity contribution >= 4 is 32.8 Å². The Labute approximate surface area is 104 Å². The zero-order chi connectivity index (χ0) is 12.5. The summed E-state index contributed by atoms with van der Waals surface area (Å²) in [4.78, 5) is 17.3. The van der Waals surface area contributed by atoms with Gasteiger partial charge in [-0.2, -0.15) is 4.31 Å². The second-order valence-electron chi connectivity index (χ2n) is 3.81. The molecule has 8 heteroatoms. The van der Waals surface area contributed by atoms with Crippen LogP contribution in [0.2, 0.25) is 0 Å². The maximum Gasteiger partial charge on any atom is 0.211 e. The highest BCUT2D eigenvalue weighted by molar-refractivity contribution is 7.88. The van der Waals surface area contributed by atoms with Crippen molar-refractivity contribution in [1.29, 1.82) is 0 Å². The van der Waals surface area contributed by atoms with E-state index in [2.05, 4.69) is 4.98 Å². The maximum absolute atomic E-state index is 11.3. The second-order valence-corrected chi connectivity index (χ2v) is 6.84. The summed E-state index contributed by atoms with van der Waals surface area (Å²) >= 11 is 1.33. The molecule has 0 bridgehead atoms. The minimum Gasteiger partial charge on any atom is -0.345 e. The molecule has 0 amide bonds. The summed E-state index contributed by atoms with van der Waals surface area (Å²) in [7, 11) is -3.10. The minimum absolute atomic E-state index is 0.467. The van der Waals surface area contributed by atoms with E-state index in [1.807, 2.05) is 4.90 Å². The Kier molecular flexibility index (Phi) is 3.45. The van der Waals surface area contributed by atoms with Gasteiger partial charge in [-0.1, -0.05) is 11.3 Å². The average Bonchev–Trinajstić information content (AvgIpc) is 2.76. The van der Waals surface area contributed by atoms with Gasteiger partial charge in [-0.05, 0) is 0 Å². The number of aldehydes is 1. The van der Waals surface area contributed by atoms with Crippen molar-refractivity contribution in [3.8, 4) is 0 Å². The van der Waals surface area contributed by atoms with Gasteiger partial charge in [-0.25, -0.2) is 13.4 Å². The van der Waals surface area contributed by atoms with Gasteiger partial charge in [0.1, 0.15) is 0 Å². The summed E-state index contributed by atoms with van der Waals surface area (Å²) in [6.45, 7) is 2.15. The number of nitrogens with zero attached hydrogens (tertiary/aromatic N) is 3. The van der Waals surface area contributed by atoms with Crippen molar-refractivity contribution in [1.82, 2.24) is 9.29 Å². The molecule has 17 heavy (non-hydrogen) atoms. The molecular weight excluding hydrogens is 262 g/mol. The van der Waals surface area contributed by atoms with E-state index in [0.717, 1.165) is 11.4 Å². The number of aromatic nitrogens is 1. The van der Waals surface area contributed by atoms with E-state index < -0.39 is 10.0 Å².